The van der Waals surface area contributed by atoms with E-state index in [0.717, 1.165) is 19.3 Å². The van der Waals surface area contributed by atoms with Crippen molar-refractivity contribution in [1.82, 2.24) is 0 Å². The fourth-order valence-electron chi connectivity index (χ4n) is 1.01. The van der Waals surface area contributed by atoms with Crippen molar-refractivity contribution in [1.29, 1.82) is 0 Å². The second-order valence-corrected chi connectivity index (χ2v) is 2.29. The molecule has 2 nitrogen and oxygen atoms in total. The van der Waals surface area contributed by atoms with Gasteiger partial charge in [-0.15, -0.1) is 0 Å². The third kappa shape index (κ3) is 1.53. The summed E-state index contributed by atoms with van der Waals surface area (Å²) < 4.78 is 0. The molecule has 0 aromatic heterocycles. The molecule has 0 bridgehead atoms. The molecule has 0 unspecified atom stereocenters. The van der Waals surface area contributed by atoms with E-state index in [1.54, 1.807) is 0 Å². The van der Waals surface area contributed by atoms with Gasteiger partial charge in [-0.3, -0.25) is 9.59 Å². The van der Waals surface area contributed by atoms with E-state index >= 15 is 0 Å². The monoisotopic (exact) mass is 136 g/mol. The molecule has 0 aromatic carbocycles. The molecule has 0 aromatic rings. The summed E-state index contributed by atoms with van der Waals surface area (Å²) in [4.78, 5) is 20.5. The van der Waals surface area contributed by atoms with Crippen LogP contribution in [0.15, 0.2) is 5.57 Å². The summed E-state index contributed by atoms with van der Waals surface area (Å²) in [6.07, 6.45) is 7.81. The van der Waals surface area contributed by atoms with Crippen molar-refractivity contribution in [3.8, 4) is 0 Å². The normalized spacial score (nSPS) is 17.8. The average molecular weight is 136 g/mol. The number of carbonyl (C=O) groups is 1. The Kier molecular flexibility index (Phi) is 2.37. The molecule has 0 heterocycles. The summed E-state index contributed by atoms with van der Waals surface area (Å²) in [6.45, 7) is 0. The highest BCUT2D eigenvalue weighted by molar-refractivity contribution is 6.33. The molecule has 10 heavy (non-hydrogen) atoms. The summed E-state index contributed by atoms with van der Waals surface area (Å²) in [6, 6.07) is 0. The van der Waals surface area contributed by atoms with E-state index in [0.29, 0.717) is 12.0 Å². The van der Waals surface area contributed by atoms with Gasteiger partial charge in [0, 0.05) is 5.57 Å². The minimum atomic E-state index is -0.514. The highest BCUT2D eigenvalue weighted by Crippen LogP contribution is 2.16. The van der Waals surface area contributed by atoms with Crippen molar-refractivity contribution in [2.75, 3.05) is 0 Å². The smallest absolute Gasteiger partial charge is 0.277 e. The van der Waals surface area contributed by atoms with Gasteiger partial charge in [0.1, 0.15) is 0 Å². The Balaban J connectivity index is 2.61. The van der Waals surface area contributed by atoms with Crippen LogP contribution in [-0.2, 0) is 9.59 Å². The maximum atomic E-state index is 10.6. The Hall–Kier alpha value is -0.920. The van der Waals surface area contributed by atoms with E-state index in [-0.39, 0.29) is 0 Å². The summed E-state index contributed by atoms with van der Waals surface area (Å²) in [5.41, 5.74) is 0.529. The molecule has 1 aliphatic carbocycles. The minimum Gasteiger partial charge on any atom is -0.285 e. The standard InChI is InChI=1S/C8H8O2/c9-6-8(10)7-4-2-1-3-5-7/h1-4H2. The molecule has 0 amide bonds. The van der Waals surface area contributed by atoms with E-state index < -0.39 is 5.78 Å². The van der Waals surface area contributed by atoms with E-state index in [1.807, 2.05) is 0 Å². The largest absolute Gasteiger partial charge is 0.285 e. The van der Waals surface area contributed by atoms with Crippen LogP contribution in [0.5, 0.6) is 0 Å². The lowest BCUT2D eigenvalue weighted by molar-refractivity contribution is -0.110. The molecule has 0 N–H and O–H groups in total. The second-order valence-electron chi connectivity index (χ2n) is 2.29. The fraction of sp³-hybridized carbons (Fsp3) is 0.500. The Morgan fingerprint density at radius 2 is 2.30 bits per heavy atom. The second kappa shape index (κ2) is 3.30. The minimum absolute atomic E-state index is 0.514. The van der Waals surface area contributed by atoms with Crippen LogP contribution in [0.3, 0.4) is 0 Å². The van der Waals surface area contributed by atoms with Crippen molar-refractivity contribution < 1.29 is 9.59 Å². The molecular formula is C8H8O2. The lowest BCUT2D eigenvalue weighted by Crippen LogP contribution is -2.06. The molecule has 1 rings (SSSR count). The van der Waals surface area contributed by atoms with Crippen molar-refractivity contribution in [3.63, 3.8) is 0 Å². The molecule has 1 aliphatic rings. The van der Waals surface area contributed by atoms with Crippen LogP contribution in [0, 0.1) is 6.08 Å². The van der Waals surface area contributed by atoms with Crippen LogP contribution < -0.4 is 0 Å². The van der Waals surface area contributed by atoms with E-state index in [2.05, 4.69) is 6.08 Å². The van der Waals surface area contributed by atoms with Crippen molar-refractivity contribution in [3.05, 3.63) is 11.6 Å². The molecule has 0 atom stereocenters. The molecule has 2 heteroatoms. The zero-order valence-corrected chi connectivity index (χ0v) is 5.64. The molecule has 0 saturated heterocycles. The van der Waals surface area contributed by atoms with Crippen molar-refractivity contribution >= 4 is 12.1 Å². The van der Waals surface area contributed by atoms with E-state index in [1.165, 1.54) is 6.29 Å². The Bertz CT molecular complexity index is 180. The topological polar surface area (TPSA) is 34.1 Å². The summed E-state index contributed by atoms with van der Waals surface area (Å²) in [7, 11) is 0. The summed E-state index contributed by atoms with van der Waals surface area (Å²) >= 11 is 0. The Morgan fingerprint density at radius 1 is 1.50 bits per heavy atom. The lowest BCUT2D eigenvalue weighted by atomic mass is 9.97. The fourth-order valence-corrected chi connectivity index (χ4v) is 1.01. The molecule has 0 spiro atoms. The van der Waals surface area contributed by atoms with Gasteiger partial charge in [0.25, 0.3) is 6.29 Å². The molecule has 0 aliphatic heterocycles. The number of ketones is 1. The molecule has 52 valence electrons. The average Bonchev–Trinajstić information content (AvgIpc) is 2.05. The van der Waals surface area contributed by atoms with Crippen LogP contribution >= 0.6 is 0 Å². The maximum absolute atomic E-state index is 10.6. The molecule has 0 fully saturated rings. The quantitative estimate of drug-likeness (QED) is 0.530. The first kappa shape index (κ1) is 7.19. The SMILES string of the molecule is O=[C]C(=O)C1=[C]CCCC1. The number of carbonyl (C=O) groups excluding carboxylic acids is 2. The number of Topliss-reactive ketones (excluding diaryl/α,β-unsaturated/α-hetero) is 1. The zero-order chi connectivity index (χ0) is 7.40. The van der Waals surface area contributed by atoms with E-state index in [4.69, 9.17) is 0 Å². The van der Waals surface area contributed by atoms with Gasteiger partial charge in [0.15, 0.2) is 0 Å². The molecule has 2 radical (unpaired) electrons. The van der Waals surface area contributed by atoms with Crippen LogP contribution in [0.2, 0.25) is 0 Å². The Labute approximate surface area is 59.9 Å². The first-order valence-electron chi connectivity index (χ1n) is 3.37. The van der Waals surface area contributed by atoms with Gasteiger partial charge in [0.2, 0.25) is 5.78 Å². The summed E-state index contributed by atoms with van der Waals surface area (Å²) in [5, 5.41) is 0. The van der Waals surface area contributed by atoms with Crippen LogP contribution in [0.1, 0.15) is 25.7 Å². The highest BCUT2D eigenvalue weighted by atomic mass is 16.2. The third-order valence-corrected chi connectivity index (χ3v) is 1.56. The highest BCUT2D eigenvalue weighted by Gasteiger charge is 2.11. The molecule has 0 saturated carbocycles. The van der Waals surface area contributed by atoms with Crippen molar-refractivity contribution in [2.45, 2.75) is 25.7 Å². The maximum Gasteiger partial charge on any atom is 0.277 e. The lowest BCUT2D eigenvalue weighted by Gasteiger charge is -2.06. The predicted octanol–water partition coefficient (Wildman–Crippen LogP) is 0.969. The van der Waals surface area contributed by atoms with Gasteiger partial charge < -0.3 is 0 Å². The number of allylic oxidation sites excluding steroid dienone is 2. The van der Waals surface area contributed by atoms with Gasteiger partial charge in [-0.1, -0.05) is 0 Å². The number of hydrogen-bond acceptors (Lipinski definition) is 2. The predicted molar refractivity (Wildman–Crippen MR) is 35.9 cm³/mol. The van der Waals surface area contributed by atoms with Gasteiger partial charge in [-0.25, -0.2) is 0 Å². The van der Waals surface area contributed by atoms with Crippen molar-refractivity contribution in [2.24, 2.45) is 0 Å². The molecular weight excluding hydrogens is 128 g/mol. The van der Waals surface area contributed by atoms with Gasteiger partial charge in [0.05, 0.1) is 0 Å². The van der Waals surface area contributed by atoms with Gasteiger partial charge in [-0.05, 0) is 31.8 Å². The van der Waals surface area contributed by atoms with Crippen LogP contribution in [0.4, 0.5) is 0 Å². The van der Waals surface area contributed by atoms with E-state index in [9.17, 15) is 9.59 Å². The first-order valence-corrected chi connectivity index (χ1v) is 3.37. The number of hydrogen-bond donors (Lipinski definition) is 0. The summed E-state index contributed by atoms with van der Waals surface area (Å²) in [5.74, 6) is -0.514. The zero-order valence-electron chi connectivity index (χ0n) is 5.64. The van der Waals surface area contributed by atoms with Crippen LogP contribution in [-0.4, -0.2) is 12.1 Å². The Morgan fingerprint density at radius 3 is 2.80 bits per heavy atom. The van der Waals surface area contributed by atoms with Crippen LogP contribution in [0.25, 0.3) is 0 Å². The number of rotatable bonds is 2. The van der Waals surface area contributed by atoms with Gasteiger partial charge in [-0.2, -0.15) is 0 Å². The first-order chi connectivity index (χ1) is 4.84. The third-order valence-electron chi connectivity index (χ3n) is 1.56. The van der Waals surface area contributed by atoms with Gasteiger partial charge >= 0.3 is 0 Å².